The maximum absolute atomic E-state index is 12.2. The molecule has 1 aromatic carbocycles. The second-order valence-electron chi connectivity index (χ2n) is 9.42. The quantitative estimate of drug-likeness (QED) is 0.388. The van der Waals surface area contributed by atoms with Crippen LogP contribution in [-0.2, 0) is 21.2 Å². The molecule has 37 heavy (non-hydrogen) atoms. The number of anilines is 4. The minimum atomic E-state index is -3.36. The normalized spacial score (nSPS) is 22.0. The summed E-state index contributed by atoms with van der Waals surface area (Å²) >= 11 is 6.47. The Bertz CT molecular complexity index is 1260. The van der Waals surface area contributed by atoms with Crippen LogP contribution < -0.4 is 30.7 Å². The van der Waals surface area contributed by atoms with Crippen LogP contribution >= 0.6 is 11.6 Å². The summed E-state index contributed by atoms with van der Waals surface area (Å²) in [7, 11) is -1.77. The summed E-state index contributed by atoms with van der Waals surface area (Å²) in [5.41, 5.74) is 8.26. The van der Waals surface area contributed by atoms with Crippen LogP contribution in [0.15, 0.2) is 18.3 Å². The Hall–Kier alpha value is -2.67. The van der Waals surface area contributed by atoms with Gasteiger partial charge in [0.1, 0.15) is 10.8 Å². The van der Waals surface area contributed by atoms with Crippen LogP contribution in [-0.4, -0.2) is 62.3 Å². The molecule has 2 heterocycles. The molecular weight excluding hydrogens is 518 g/mol. The third-order valence-electron chi connectivity index (χ3n) is 6.78. The number of methoxy groups -OCH3 is 1. The molecule has 1 aliphatic carbocycles. The van der Waals surface area contributed by atoms with Crippen molar-refractivity contribution in [1.29, 1.82) is 0 Å². The summed E-state index contributed by atoms with van der Waals surface area (Å²) < 4.78 is 32.3. The number of benzene rings is 1. The van der Waals surface area contributed by atoms with Crippen molar-refractivity contribution in [2.24, 2.45) is 5.73 Å². The van der Waals surface area contributed by atoms with E-state index in [-0.39, 0.29) is 18.0 Å². The summed E-state index contributed by atoms with van der Waals surface area (Å²) in [4.78, 5) is 23.3. The summed E-state index contributed by atoms with van der Waals surface area (Å²) in [5.74, 6) is 1.24. The van der Waals surface area contributed by atoms with E-state index in [9.17, 15) is 13.2 Å². The zero-order valence-electron chi connectivity index (χ0n) is 21.3. The molecule has 5 N–H and O–H groups in total. The number of aromatic nitrogens is 2. The molecule has 1 fully saturated rings. The van der Waals surface area contributed by atoms with Crippen molar-refractivity contribution < 1.29 is 17.9 Å². The van der Waals surface area contributed by atoms with Gasteiger partial charge in [0.05, 0.1) is 31.3 Å². The molecule has 0 saturated heterocycles. The van der Waals surface area contributed by atoms with Gasteiger partial charge < -0.3 is 26.0 Å². The Kier molecular flexibility index (Phi) is 8.42. The lowest BCUT2D eigenvalue weighted by Crippen LogP contribution is -2.48. The monoisotopic (exact) mass is 551 g/mol. The third-order valence-corrected chi connectivity index (χ3v) is 7.78. The lowest BCUT2D eigenvalue weighted by Gasteiger charge is -2.33. The molecule has 3 atom stereocenters. The number of carbonyl (C=O) groups is 1. The van der Waals surface area contributed by atoms with Gasteiger partial charge in [0.25, 0.3) is 0 Å². The van der Waals surface area contributed by atoms with Gasteiger partial charge in [-0.25, -0.2) is 18.1 Å². The number of nitrogens with one attached hydrogen (secondary N) is 3. The zero-order chi connectivity index (χ0) is 26.7. The molecular formula is C24H34ClN7O4S. The number of amides is 1. The van der Waals surface area contributed by atoms with Crippen LogP contribution in [0.1, 0.15) is 44.6 Å². The second-order valence-corrected chi connectivity index (χ2v) is 11.6. The Morgan fingerprint density at radius 3 is 2.65 bits per heavy atom. The van der Waals surface area contributed by atoms with E-state index in [2.05, 4.69) is 20.3 Å². The number of sulfonamides is 1. The van der Waals surface area contributed by atoms with Crippen LogP contribution in [0.4, 0.5) is 23.1 Å². The molecule has 1 aliphatic heterocycles. The van der Waals surface area contributed by atoms with E-state index in [1.54, 1.807) is 7.11 Å². The van der Waals surface area contributed by atoms with Gasteiger partial charge in [-0.1, -0.05) is 24.4 Å². The highest BCUT2D eigenvalue weighted by Crippen LogP contribution is 2.41. The summed E-state index contributed by atoms with van der Waals surface area (Å²) in [6, 6.07) is 2.69. The Morgan fingerprint density at radius 2 is 1.97 bits per heavy atom. The standard InChI is InChI=1S/C24H34ClN7O4S/c1-4-32(20-12-11-17-14(21(20)36-2)9-10-16(26)23(33)29-17)24-27-13-15(25)22(30-24)28-18-7-5-6-8-19(18)31-37(3,34)35/h11-13,16,18-19,31H,4-10,26H2,1-3H3,(H,29,33)(H,27,28,30)/t16?,18-,19-/m1/s1. The van der Waals surface area contributed by atoms with E-state index >= 15 is 0 Å². The average molecular weight is 552 g/mol. The number of hydrogen-bond acceptors (Lipinski definition) is 9. The minimum absolute atomic E-state index is 0.159. The van der Waals surface area contributed by atoms with E-state index in [0.29, 0.717) is 47.6 Å². The molecule has 13 heteroatoms. The fourth-order valence-electron chi connectivity index (χ4n) is 4.98. The first-order valence-corrected chi connectivity index (χ1v) is 14.7. The average Bonchev–Trinajstić information content (AvgIpc) is 2.99. The van der Waals surface area contributed by atoms with Gasteiger partial charge in [-0.3, -0.25) is 4.79 Å². The first-order chi connectivity index (χ1) is 17.6. The SMILES string of the molecule is CCN(c1ncc(Cl)c(N[C@@H]2CCCC[C@H]2NS(C)(=O)=O)n1)c1ccc2c(c1OC)CCC(N)C(=O)N2. The van der Waals surface area contributed by atoms with E-state index in [1.165, 1.54) is 12.5 Å². The van der Waals surface area contributed by atoms with Crippen molar-refractivity contribution in [3.05, 3.63) is 28.9 Å². The van der Waals surface area contributed by atoms with Crippen LogP contribution in [0.3, 0.4) is 0 Å². The maximum Gasteiger partial charge on any atom is 0.241 e. The van der Waals surface area contributed by atoms with Crippen molar-refractivity contribution in [2.45, 2.75) is 63.6 Å². The molecule has 0 spiro atoms. The molecule has 1 saturated carbocycles. The van der Waals surface area contributed by atoms with Crippen LogP contribution in [0.5, 0.6) is 5.75 Å². The number of nitrogens with zero attached hydrogens (tertiary/aromatic N) is 3. The lowest BCUT2D eigenvalue weighted by molar-refractivity contribution is -0.117. The molecule has 1 amide bonds. The van der Waals surface area contributed by atoms with Gasteiger partial charge in [-0.15, -0.1) is 0 Å². The topological polar surface area (TPSA) is 152 Å². The summed E-state index contributed by atoms with van der Waals surface area (Å²) in [6.45, 7) is 2.50. The van der Waals surface area contributed by atoms with E-state index in [0.717, 1.165) is 36.9 Å². The molecule has 202 valence electrons. The van der Waals surface area contributed by atoms with Crippen molar-refractivity contribution in [1.82, 2.24) is 14.7 Å². The lowest BCUT2D eigenvalue weighted by atomic mass is 9.91. The van der Waals surface area contributed by atoms with Crippen molar-refractivity contribution in [2.75, 3.05) is 35.4 Å². The number of hydrogen-bond donors (Lipinski definition) is 4. The fourth-order valence-corrected chi connectivity index (χ4v) is 5.96. The Labute approximate surface area is 222 Å². The first-order valence-electron chi connectivity index (χ1n) is 12.4. The molecule has 11 nitrogen and oxygen atoms in total. The fraction of sp³-hybridized carbons (Fsp3) is 0.542. The largest absolute Gasteiger partial charge is 0.494 e. The summed E-state index contributed by atoms with van der Waals surface area (Å²) in [5, 5.41) is 6.58. The van der Waals surface area contributed by atoms with E-state index in [1.807, 2.05) is 24.0 Å². The minimum Gasteiger partial charge on any atom is -0.494 e. The van der Waals surface area contributed by atoms with Gasteiger partial charge in [0.15, 0.2) is 5.82 Å². The number of rotatable bonds is 8. The number of carbonyl (C=O) groups excluding carboxylic acids is 1. The second kappa shape index (κ2) is 11.4. The van der Waals surface area contributed by atoms with Crippen molar-refractivity contribution in [3.8, 4) is 5.75 Å². The molecule has 0 bridgehead atoms. The van der Waals surface area contributed by atoms with Gasteiger partial charge in [-0.2, -0.15) is 4.98 Å². The van der Waals surface area contributed by atoms with Crippen molar-refractivity contribution in [3.63, 3.8) is 0 Å². The predicted octanol–water partition coefficient (Wildman–Crippen LogP) is 2.78. The Balaban J connectivity index is 1.66. The number of nitrogens with two attached hydrogens (primary N) is 1. The zero-order valence-corrected chi connectivity index (χ0v) is 22.8. The summed E-state index contributed by atoms with van der Waals surface area (Å²) in [6.07, 6.45) is 7.21. The molecule has 2 aliphatic rings. The number of fused-ring (bicyclic) bond motifs is 1. The molecule has 1 unspecified atom stereocenters. The number of ether oxygens (including phenoxy) is 1. The smallest absolute Gasteiger partial charge is 0.241 e. The highest BCUT2D eigenvalue weighted by molar-refractivity contribution is 7.88. The number of halogens is 1. The highest BCUT2D eigenvalue weighted by atomic mass is 35.5. The van der Waals surface area contributed by atoms with Crippen LogP contribution in [0.25, 0.3) is 0 Å². The van der Waals surface area contributed by atoms with Gasteiger partial charge in [-0.05, 0) is 44.7 Å². The van der Waals surface area contributed by atoms with Crippen molar-refractivity contribution >= 4 is 50.7 Å². The Morgan fingerprint density at radius 1 is 1.24 bits per heavy atom. The third kappa shape index (κ3) is 6.25. The highest BCUT2D eigenvalue weighted by Gasteiger charge is 2.29. The predicted molar refractivity (Wildman–Crippen MR) is 145 cm³/mol. The van der Waals surface area contributed by atoms with E-state index < -0.39 is 16.1 Å². The van der Waals surface area contributed by atoms with Crippen LogP contribution in [0, 0.1) is 0 Å². The molecule has 2 aromatic rings. The maximum atomic E-state index is 12.2. The van der Waals surface area contributed by atoms with E-state index in [4.69, 9.17) is 27.1 Å². The molecule has 0 radical (unpaired) electrons. The van der Waals surface area contributed by atoms with Gasteiger partial charge in [0, 0.05) is 29.9 Å². The van der Waals surface area contributed by atoms with Gasteiger partial charge >= 0.3 is 0 Å². The van der Waals surface area contributed by atoms with Crippen LogP contribution in [0.2, 0.25) is 5.02 Å². The molecule has 1 aromatic heterocycles. The first kappa shape index (κ1) is 27.4. The van der Waals surface area contributed by atoms with Gasteiger partial charge in [0.2, 0.25) is 21.9 Å². The molecule has 4 rings (SSSR count).